The molecule has 0 amide bonds. The van der Waals surface area contributed by atoms with Gasteiger partial charge in [-0.05, 0) is 33.0 Å². The molecule has 0 bridgehead atoms. The van der Waals surface area contributed by atoms with Gasteiger partial charge < -0.3 is 14.5 Å². The maximum absolute atomic E-state index is 9.12. The summed E-state index contributed by atoms with van der Waals surface area (Å²) in [7, 11) is 4.30. The quantitative estimate of drug-likeness (QED) is 0.692. The molecule has 90 valence electrons. The molecule has 0 aromatic rings. The number of nitrogens with zero attached hydrogens (tertiary/aromatic N) is 3. The van der Waals surface area contributed by atoms with Gasteiger partial charge in [0, 0.05) is 19.6 Å². The molecule has 1 atom stereocenters. The fourth-order valence-electron chi connectivity index (χ4n) is 2.74. The van der Waals surface area contributed by atoms with Crippen molar-refractivity contribution in [1.29, 1.82) is 5.26 Å². The molecule has 4 nitrogen and oxygen atoms in total. The number of hydrogen-bond donors (Lipinski definition) is 0. The molecule has 0 spiro atoms. The Hall–Kier alpha value is -0.630. The normalized spacial score (nSPS) is 29.0. The predicted molar refractivity (Wildman–Crippen MR) is 62.0 cm³/mol. The van der Waals surface area contributed by atoms with Gasteiger partial charge in [-0.1, -0.05) is 0 Å². The summed E-state index contributed by atoms with van der Waals surface area (Å²) in [6.07, 6.45) is 1.29. The van der Waals surface area contributed by atoms with E-state index in [0.717, 1.165) is 19.0 Å². The first-order valence-electron chi connectivity index (χ1n) is 6.00. The maximum atomic E-state index is 9.12. The van der Waals surface area contributed by atoms with Gasteiger partial charge in [-0.25, -0.2) is 0 Å². The zero-order valence-electron chi connectivity index (χ0n) is 10.3. The van der Waals surface area contributed by atoms with Crippen molar-refractivity contribution >= 4 is 0 Å². The van der Waals surface area contributed by atoms with E-state index in [1.165, 1.54) is 19.5 Å². The molecule has 2 aliphatic heterocycles. The van der Waals surface area contributed by atoms with Gasteiger partial charge >= 0.3 is 0 Å². The fourth-order valence-corrected chi connectivity index (χ4v) is 2.74. The van der Waals surface area contributed by atoms with Crippen molar-refractivity contribution in [2.24, 2.45) is 11.3 Å². The van der Waals surface area contributed by atoms with Crippen molar-refractivity contribution in [2.75, 3.05) is 53.5 Å². The lowest BCUT2D eigenvalue weighted by Gasteiger charge is -2.38. The van der Waals surface area contributed by atoms with Crippen LogP contribution in [0.15, 0.2) is 0 Å². The molecule has 2 fully saturated rings. The Morgan fingerprint density at radius 1 is 1.56 bits per heavy atom. The summed E-state index contributed by atoms with van der Waals surface area (Å²) in [5, 5.41) is 9.12. The highest BCUT2D eigenvalue weighted by atomic mass is 16.5. The minimum absolute atomic E-state index is 0.223. The van der Waals surface area contributed by atoms with Crippen LogP contribution in [0, 0.1) is 22.7 Å². The molecule has 4 heteroatoms. The zero-order valence-corrected chi connectivity index (χ0v) is 10.3. The Bertz CT molecular complexity index is 282. The first kappa shape index (κ1) is 11.8. The average Bonchev–Trinajstić information content (AvgIpc) is 2.57. The van der Waals surface area contributed by atoms with Crippen LogP contribution >= 0.6 is 0 Å². The van der Waals surface area contributed by atoms with E-state index in [9.17, 15) is 0 Å². The largest absolute Gasteiger partial charge is 0.378 e. The van der Waals surface area contributed by atoms with Gasteiger partial charge in [0.25, 0.3) is 0 Å². The Labute approximate surface area is 97.8 Å². The Morgan fingerprint density at radius 2 is 2.31 bits per heavy atom. The third-order valence-electron chi connectivity index (χ3n) is 3.63. The summed E-state index contributed by atoms with van der Waals surface area (Å²) in [6, 6.07) is 2.40. The Balaban J connectivity index is 1.76. The molecular weight excluding hydrogens is 202 g/mol. The summed E-state index contributed by atoms with van der Waals surface area (Å²) < 4.78 is 5.16. The molecule has 16 heavy (non-hydrogen) atoms. The van der Waals surface area contributed by atoms with E-state index in [4.69, 9.17) is 10.00 Å². The highest BCUT2D eigenvalue weighted by Gasteiger charge is 2.40. The van der Waals surface area contributed by atoms with Crippen LogP contribution in [0.4, 0.5) is 0 Å². The second-order valence-electron chi connectivity index (χ2n) is 5.50. The van der Waals surface area contributed by atoms with E-state index >= 15 is 0 Å². The Morgan fingerprint density at radius 3 is 2.75 bits per heavy atom. The first-order chi connectivity index (χ1) is 7.63. The second-order valence-corrected chi connectivity index (χ2v) is 5.50. The van der Waals surface area contributed by atoms with Crippen LogP contribution in [0.1, 0.15) is 6.42 Å². The van der Waals surface area contributed by atoms with E-state index in [0.29, 0.717) is 13.2 Å². The third kappa shape index (κ3) is 2.54. The molecule has 2 saturated heterocycles. The van der Waals surface area contributed by atoms with Crippen LogP contribution < -0.4 is 0 Å². The molecule has 2 rings (SSSR count). The molecule has 0 aromatic carbocycles. The maximum Gasteiger partial charge on any atom is 0.116 e. The van der Waals surface area contributed by atoms with Crippen molar-refractivity contribution in [3.8, 4) is 6.07 Å². The third-order valence-corrected chi connectivity index (χ3v) is 3.63. The molecule has 2 aliphatic rings. The van der Waals surface area contributed by atoms with Gasteiger partial charge in [-0.2, -0.15) is 5.26 Å². The standard InChI is InChI=1S/C12H21N3O/c1-14-4-3-11(5-14)6-15(2)8-12(7-13)9-16-10-12/h11H,3-6,8-10H2,1-2H3. The average molecular weight is 223 g/mol. The van der Waals surface area contributed by atoms with Gasteiger partial charge in [-0.3, -0.25) is 0 Å². The minimum Gasteiger partial charge on any atom is -0.378 e. The number of nitriles is 1. The summed E-state index contributed by atoms with van der Waals surface area (Å²) in [6.45, 7) is 5.58. The fraction of sp³-hybridized carbons (Fsp3) is 0.917. The van der Waals surface area contributed by atoms with Crippen molar-refractivity contribution in [2.45, 2.75) is 6.42 Å². The molecule has 0 saturated carbocycles. The number of likely N-dealkylation sites (tertiary alicyclic amines) is 1. The van der Waals surface area contributed by atoms with E-state index in [1.807, 2.05) is 0 Å². The van der Waals surface area contributed by atoms with Crippen LogP contribution in [0.5, 0.6) is 0 Å². The van der Waals surface area contributed by atoms with Gasteiger partial charge in [0.15, 0.2) is 0 Å². The van der Waals surface area contributed by atoms with Crippen molar-refractivity contribution in [3.63, 3.8) is 0 Å². The van der Waals surface area contributed by atoms with Crippen molar-refractivity contribution in [3.05, 3.63) is 0 Å². The van der Waals surface area contributed by atoms with E-state index in [2.05, 4.69) is 30.0 Å². The van der Waals surface area contributed by atoms with Gasteiger partial charge in [0.1, 0.15) is 5.41 Å². The van der Waals surface area contributed by atoms with Crippen molar-refractivity contribution < 1.29 is 4.74 Å². The summed E-state index contributed by atoms with van der Waals surface area (Å²) >= 11 is 0. The van der Waals surface area contributed by atoms with E-state index in [1.54, 1.807) is 0 Å². The van der Waals surface area contributed by atoms with Crippen LogP contribution in [0.3, 0.4) is 0 Å². The Kier molecular flexibility index (Phi) is 3.48. The molecule has 0 aromatic heterocycles. The molecule has 0 aliphatic carbocycles. The lowest BCUT2D eigenvalue weighted by atomic mass is 9.87. The van der Waals surface area contributed by atoms with Gasteiger partial charge in [-0.15, -0.1) is 0 Å². The topological polar surface area (TPSA) is 39.5 Å². The lowest BCUT2D eigenvalue weighted by Crippen LogP contribution is -2.49. The molecule has 0 N–H and O–H groups in total. The van der Waals surface area contributed by atoms with Crippen LogP contribution in [-0.4, -0.2) is 63.3 Å². The van der Waals surface area contributed by atoms with Crippen LogP contribution in [-0.2, 0) is 4.74 Å². The molecular formula is C12H21N3O. The SMILES string of the molecule is CN1CCC(CN(C)CC2(C#N)COC2)C1. The molecule has 2 heterocycles. The molecule has 0 radical (unpaired) electrons. The second kappa shape index (κ2) is 4.70. The smallest absolute Gasteiger partial charge is 0.116 e. The highest BCUT2D eigenvalue weighted by molar-refractivity contribution is 5.05. The van der Waals surface area contributed by atoms with Crippen LogP contribution in [0.2, 0.25) is 0 Å². The van der Waals surface area contributed by atoms with E-state index < -0.39 is 0 Å². The number of hydrogen-bond acceptors (Lipinski definition) is 4. The lowest BCUT2D eigenvalue weighted by molar-refractivity contribution is -0.0896. The number of ether oxygens (including phenoxy) is 1. The van der Waals surface area contributed by atoms with Crippen molar-refractivity contribution in [1.82, 2.24) is 9.80 Å². The molecule has 1 unspecified atom stereocenters. The van der Waals surface area contributed by atoms with E-state index in [-0.39, 0.29) is 5.41 Å². The monoisotopic (exact) mass is 223 g/mol. The number of rotatable bonds is 4. The summed E-state index contributed by atoms with van der Waals surface area (Å²) in [4.78, 5) is 4.68. The summed E-state index contributed by atoms with van der Waals surface area (Å²) in [5.41, 5.74) is -0.223. The highest BCUT2D eigenvalue weighted by Crippen LogP contribution is 2.28. The van der Waals surface area contributed by atoms with Gasteiger partial charge in [0.2, 0.25) is 0 Å². The van der Waals surface area contributed by atoms with Crippen LogP contribution in [0.25, 0.3) is 0 Å². The predicted octanol–water partition coefficient (Wildman–Crippen LogP) is 0.410. The first-order valence-corrected chi connectivity index (χ1v) is 6.00. The zero-order chi connectivity index (χ0) is 11.6. The van der Waals surface area contributed by atoms with Gasteiger partial charge in [0.05, 0.1) is 19.3 Å². The summed E-state index contributed by atoms with van der Waals surface area (Å²) in [5.74, 6) is 0.770. The minimum atomic E-state index is -0.223.